The van der Waals surface area contributed by atoms with Crippen molar-refractivity contribution < 1.29 is 8.81 Å². The molecule has 0 saturated heterocycles. The SMILES string of the molecule is C[C@@H](NCc1coc2ccccc12)c1ccccc1F. The average Bonchev–Trinajstić information content (AvgIpc) is 2.88. The Labute approximate surface area is 117 Å². The first-order valence-electron chi connectivity index (χ1n) is 6.68. The van der Waals surface area contributed by atoms with Crippen LogP contribution in [0.2, 0.25) is 0 Å². The summed E-state index contributed by atoms with van der Waals surface area (Å²) in [5.41, 5.74) is 2.65. The summed E-state index contributed by atoms with van der Waals surface area (Å²) in [5, 5.41) is 4.43. The van der Waals surface area contributed by atoms with Gasteiger partial charge in [0.2, 0.25) is 0 Å². The van der Waals surface area contributed by atoms with E-state index in [0.29, 0.717) is 12.1 Å². The van der Waals surface area contributed by atoms with Gasteiger partial charge >= 0.3 is 0 Å². The maximum Gasteiger partial charge on any atom is 0.134 e. The fourth-order valence-electron chi connectivity index (χ4n) is 2.37. The van der Waals surface area contributed by atoms with Crippen molar-refractivity contribution in [2.45, 2.75) is 19.5 Å². The van der Waals surface area contributed by atoms with Gasteiger partial charge < -0.3 is 9.73 Å². The first-order chi connectivity index (χ1) is 9.75. The standard InChI is InChI=1S/C17H16FNO/c1-12(14-6-2-4-8-16(14)18)19-10-13-11-20-17-9-5-3-7-15(13)17/h2-9,11-12,19H,10H2,1H3/t12-/m1/s1. The maximum absolute atomic E-state index is 13.7. The molecule has 0 aliphatic heterocycles. The average molecular weight is 269 g/mol. The zero-order valence-corrected chi connectivity index (χ0v) is 11.3. The lowest BCUT2D eigenvalue weighted by atomic mass is 10.1. The van der Waals surface area contributed by atoms with Crippen LogP contribution in [-0.4, -0.2) is 0 Å². The van der Waals surface area contributed by atoms with E-state index in [2.05, 4.69) is 5.32 Å². The predicted molar refractivity (Wildman–Crippen MR) is 77.9 cm³/mol. The zero-order chi connectivity index (χ0) is 13.9. The van der Waals surface area contributed by atoms with E-state index in [1.807, 2.05) is 37.3 Å². The third-order valence-electron chi connectivity index (χ3n) is 3.53. The van der Waals surface area contributed by atoms with Crippen molar-refractivity contribution in [1.82, 2.24) is 5.32 Å². The molecule has 0 radical (unpaired) electrons. The summed E-state index contributed by atoms with van der Waals surface area (Å²) in [4.78, 5) is 0. The molecule has 0 bridgehead atoms. The van der Waals surface area contributed by atoms with Crippen molar-refractivity contribution >= 4 is 11.0 Å². The zero-order valence-electron chi connectivity index (χ0n) is 11.3. The van der Waals surface area contributed by atoms with Crippen LogP contribution in [0, 0.1) is 5.82 Å². The summed E-state index contributed by atoms with van der Waals surface area (Å²) in [6.07, 6.45) is 1.76. The molecule has 20 heavy (non-hydrogen) atoms. The quantitative estimate of drug-likeness (QED) is 0.758. The number of rotatable bonds is 4. The topological polar surface area (TPSA) is 25.2 Å². The second-order valence-corrected chi connectivity index (χ2v) is 4.88. The third kappa shape index (κ3) is 2.45. The van der Waals surface area contributed by atoms with Crippen LogP contribution in [0.1, 0.15) is 24.1 Å². The highest BCUT2D eigenvalue weighted by atomic mass is 19.1. The van der Waals surface area contributed by atoms with Crippen molar-refractivity contribution in [2.75, 3.05) is 0 Å². The van der Waals surface area contributed by atoms with Crippen LogP contribution in [0.4, 0.5) is 4.39 Å². The monoisotopic (exact) mass is 269 g/mol. The van der Waals surface area contributed by atoms with Gasteiger partial charge in [-0.05, 0) is 19.1 Å². The molecule has 0 unspecified atom stereocenters. The lowest BCUT2D eigenvalue weighted by Crippen LogP contribution is -2.18. The first kappa shape index (κ1) is 12.9. The van der Waals surface area contributed by atoms with Crippen LogP contribution >= 0.6 is 0 Å². The van der Waals surface area contributed by atoms with Crippen LogP contribution in [0.25, 0.3) is 11.0 Å². The lowest BCUT2D eigenvalue weighted by Gasteiger charge is -2.14. The molecule has 1 aromatic heterocycles. The molecule has 1 atom stereocenters. The van der Waals surface area contributed by atoms with Crippen molar-refractivity contribution in [3.63, 3.8) is 0 Å². The van der Waals surface area contributed by atoms with Gasteiger partial charge in [0, 0.05) is 29.1 Å². The van der Waals surface area contributed by atoms with Crippen LogP contribution in [0.15, 0.2) is 59.2 Å². The lowest BCUT2D eigenvalue weighted by molar-refractivity contribution is 0.525. The molecule has 3 aromatic rings. The minimum atomic E-state index is -0.176. The van der Waals surface area contributed by atoms with Gasteiger partial charge in [0.1, 0.15) is 11.4 Å². The second kappa shape index (κ2) is 5.47. The van der Waals surface area contributed by atoms with Crippen LogP contribution in [0.5, 0.6) is 0 Å². The number of benzene rings is 2. The molecular weight excluding hydrogens is 253 g/mol. The predicted octanol–water partition coefficient (Wildman–Crippen LogP) is 4.42. The smallest absolute Gasteiger partial charge is 0.134 e. The minimum absolute atomic E-state index is 0.0511. The molecule has 1 heterocycles. The molecule has 0 spiro atoms. The Hall–Kier alpha value is -2.13. The molecule has 3 heteroatoms. The molecule has 1 N–H and O–H groups in total. The van der Waals surface area contributed by atoms with E-state index in [0.717, 1.165) is 16.5 Å². The molecule has 2 aromatic carbocycles. The van der Waals surface area contributed by atoms with Crippen molar-refractivity contribution in [1.29, 1.82) is 0 Å². The van der Waals surface area contributed by atoms with E-state index in [1.165, 1.54) is 6.07 Å². The molecule has 0 aliphatic carbocycles. The van der Waals surface area contributed by atoms with E-state index >= 15 is 0 Å². The van der Waals surface area contributed by atoms with E-state index in [9.17, 15) is 4.39 Å². The van der Waals surface area contributed by atoms with Gasteiger partial charge in [-0.1, -0.05) is 36.4 Å². The molecule has 2 nitrogen and oxygen atoms in total. The van der Waals surface area contributed by atoms with Gasteiger partial charge in [-0.15, -0.1) is 0 Å². The first-order valence-corrected chi connectivity index (χ1v) is 6.68. The van der Waals surface area contributed by atoms with Crippen LogP contribution < -0.4 is 5.32 Å². The van der Waals surface area contributed by atoms with Gasteiger partial charge in [0.05, 0.1) is 6.26 Å². The Morgan fingerprint density at radius 2 is 1.85 bits per heavy atom. The second-order valence-electron chi connectivity index (χ2n) is 4.88. The highest BCUT2D eigenvalue weighted by Gasteiger charge is 2.11. The Morgan fingerprint density at radius 1 is 1.10 bits per heavy atom. The highest BCUT2D eigenvalue weighted by Crippen LogP contribution is 2.22. The Kier molecular flexibility index (Phi) is 3.52. The summed E-state index contributed by atoms with van der Waals surface area (Å²) >= 11 is 0. The summed E-state index contributed by atoms with van der Waals surface area (Å²) in [5.74, 6) is -0.176. The largest absolute Gasteiger partial charge is 0.464 e. The Balaban J connectivity index is 1.75. The minimum Gasteiger partial charge on any atom is -0.464 e. The van der Waals surface area contributed by atoms with Crippen molar-refractivity contribution in [2.24, 2.45) is 0 Å². The van der Waals surface area contributed by atoms with E-state index < -0.39 is 0 Å². The van der Waals surface area contributed by atoms with Gasteiger partial charge in [0.15, 0.2) is 0 Å². The molecule has 102 valence electrons. The molecule has 0 aliphatic rings. The summed E-state index contributed by atoms with van der Waals surface area (Å²) in [6, 6.07) is 14.7. The normalized spacial score (nSPS) is 12.7. The summed E-state index contributed by atoms with van der Waals surface area (Å²) in [6.45, 7) is 2.60. The number of fused-ring (bicyclic) bond motifs is 1. The van der Waals surface area contributed by atoms with Crippen LogP contribution in [0.3, 0.4) is 0 Å². The maximum atomic E-state index is 13.7. The van der Waals surface area contributed by atoms with E-state index in [1.54, 1.807) is 18.4 Å². The number of para-hydroxylation sites is 1. The number of hydrogen-bond donors (Lipinski definition) is 1. The number of halogens is 1. The molecule has 3 rings (SSSR count). The van der Waals surface area contributed by atoms with Crippen molar-refractivity contribution in [3.8, 4) is 0 Å². The van der Waals surface area contributed by atoms with Gasteiger partial charge in [-0.25, -0.2) is 4.39 Å². The Bertz CT molecular complexity index is 720. The van der Waals surface area contributed by atoms with E-state index in [4.69, 9.17) is 4.42 Å². The number of furan rings is 1. The Morgan fingerprint density at radius 3 is 2.70 bits per heavy atom. The van der Waals surface area contributed by atoms with E-state index in [-0.39, 0.29) is 11.9 Å². The highest BCUT2D eigenvalue weighted by molar-refractivity contribution is 5.80. The van der Waals surface area contributed by atoms with Gasteiger partial charge in [0.25, 0.3) is 0 Å². The fourth-order valence-corrected chi connectivity index (χ4v) is 2.37. The molecule has 0 fully saturated rings. The summed E-state index contributed by atoms with van der Waals surface area (Å²) < 4.78 is 19.2. The van der Waals surface area contributed by atoms with Gasteiger partial charge in [-0.3, -0.25) is 0 Å². The van der Waals surface area contributed by atoms with Crippen LogP contribution in [-0.2, 0) is 6.54 Å². The molecule has 0 saturated carbocycles. The number of hydrogen-bond acceptors (Lipinski definition) is 2. The van der Waals surface area contributed by atoms with Crippen molar-refractivity contribution in [3.05, 3.63) is 71.7 Å². The molecular formula is C17H16FNO. The third-order valence-corrected chi connectivity index (χ3v) is 3.53. The molecule has 0 amide bonds. The fraction of sp³-hybridized carbons (Fsp3) is 0.176. The van der Waals surface area contributed by atoms with Gasteiger partial charge in [-0.2, -0.15) is 0 Å². The summed E-state index contributed by atoms with van der Waals surface area (Å²) in [7, 11) is 0. The number of nitrogens with one attached hydrogen (secondary N) is 1.